The van der Waals surface area contributed by atoms with Crippen molar-refractivity contribution in [1.82, 2.24) is 4.90 Å². The monoisotopic (exact) mass is 524 g/mol. The number of ether oxygens (including phenoxy) is 1. The van der Waals surface area contributed by atoms with Crippen LogP contribution in [0.4, 0.5) is 5.69 Å². The van der Waals surface area contributed by atoms with Crippen LogP contribution in [0.2, 0.25) is 0 Å². The summed E-state index contributed by atoms with van der Waals surface area (Å²) in [7, 11) is 1.34. The molecule has 1 amide bonds. The van der Waals surface area contributed by atoms with Crippen LogP contribution < -0.4 is 0 Å². The van der Waals surface area contributed by atoms with Gasteiger partial charge in [0.05, 0.1) is 23.3 Å². The molecule has 1 fully saturated rings. The van der Waals surface area contributed by atoms with Gasteiger partial charge in [0.2, 0.25) is 0 Å². The number of carbonyl (C=O) groups excluding carboxylic acids is 2. The molecule has 8 heteroatoms. The number of aryl methyl sites for hydroxylation is 1. The quantitative estimate of drug-likeness (QED) is 0.284. The normalized spacial score (nSPS) is 16.1. The van der Waals surface area contributed by atoms with Gasteiger partial charge in [0.1, 0.15) is 11.5 Å². The molecule has 0 radical (unpaired) electrons. The van der Waals surface area contributed by atoms with Gasteiger partial charge in [-0.05, 0) is 79.7 Å². The number of hydrogen-bond donors (Lipinski definition) is 0. The predicted octanol–water partition coefficient (Wildman–Crippen LogP) is 6.43. The highest BCUT2D eigenvalue weighted by Gasteiger charge is 2.32. The van der Waals surface area contributed by atoms with Crippen molar-refractivity contribution in [1.29, 1.82) is 0 Å². The first-order chi connectivity index (χ1) is 15.9. The van der Waals surface area contributed by atoms with E-state index in [1.807, 2.05) is 44.2 Å². The molecule has 0 unspecified atom stereocenters. The topological polar surface area (TPSA) is 72.1 Å². The largest absolute Gasteiger partial charge is 0.465 e. The molecule has 3 aromatic rings. The molecule has 6 nitrogen and oxygen atoms in total. The minimum Gasteiger partial charge on any atom is -0.465 e. The first-order valence-electron chi connectivity index (χ1n) is 10.2. The number of amides is 1. The number of thioether (sulfide) groups is 1. The summed E-state index contributed by atoms with van der Waals surface area (Å²) in [6.07, 6.45) is 1.74. The lowest BCUT2D eigenvalue weighted by molar-refractivity contribution is -0.122. The van der Waals surface area contributed by atoms with E-state index in [1.54, 1.807) is 35.2 Å². The standard InChI is InChI=1S/C25H21BrN2O4S/c1-4-28-23(29)22(33-25(28)27-17-8-6-16(7-9-17)24(30)31-3)14-18-10-12-21(32-18)19-11-5-15(2)13-20(19)26/h5-14H,4H2,1-3H3/b22-14+,27-25?. The Morgan fingerprint density at radius 3 is 2.61 bits per heavy atom. The maximum absolute atomic E-state index is 12.9. The number of halogens is 1. The minimum atomic E-state index is -0.407. The molecule has 1 aliphatic heterocycles. The van der Waals surface area contributed by atoms with Crippen molar-refractivity contribution < 1.29 is 18.7 Å². The molecule has 2 heterocycles. The zero-order valence-corrected chi connectivity index (χ0v) is 20.7. The Balaban J connectivity index is 1.58. The molecular weight excluding hydrogens is 504 g/mol. The van der Waals surface area contributed by atoms with Gasteiger partial charge in [0.25, 0.3) is 5.91 Å². The van der Waals surface area contributed by atoms with Crippen LogP contribution >= 0.6 is 27.7 Å². The van der Waals surface area contributed by atoms with Gasteiger partial charge in [-0.3, -0.25) is 9.69 Å². The zero-order chi connectivity index (χ0) is 23.5. The fraction of sp³-hybridized carbons (Fsp3) is 0.160. The highest BCUT2D eigenvalue weighted by Crippen LogP contribution is 2.36. The second-order valence-corrected chi connectivity index (χ2v) is 9.14. The van der Waals surface area contributed by atoms with Crippen LogP contribution in [-0.4, -0.2) is 35.6 Å². The minimum absolute atomic E-state index is 0.123. The predicted molar refractivity (Wildman–Crippen MR) is 134 cm³/mol. The number of amidine groups is 1. The first kappa shape index (κ1) is 23.1. The average molecular weight is 525 g/mol. The van der Waals surface area contributed by atoms with Crippen LogP contribution in [-0.2, 0) is 9.53 Å². The van der Waals surface area contributed by atoms with Crippen LogP contribution in [0.5, 0.6) is 0 Å². The molecule has 1 aromatic heterocycles. The summed E-state index contributed by atoms with van der Waals surface area (Å²) in [4.78, 5) is 31.3. The van der Waals surface area contributed by atoms with E-state index < -0.39 is 5.97 Å². The molecule has 0 aliphatic carbocycles. The smallest absolute Gasteiger partial charge is 0.337 e. The maximum Gasteiger partial charge on any atom is 0.337 e. The second-order valence-electron chi connectivity index (χ2n) is 7.28. The molecule has 168 valence electrons. The lowest BCUT2D eigenvalue weighted by Crippen LogP contribution is -2.28. The van der Waals surface area contributed by atoms with Crippen LogP contribution in [0.1, 0.15) is 28.6 Å². The molecule has 0 bridgehead atoms. The Morgan fingerprint density at radius 2 is 1.94 bits per heavy atom. The fourth-order valence-corrected chi connectivity index (χ4v) is 5.03. The maximum atomic E-state index is 12.9. The Labute approximate surface area is 204 Å². The molecule has 0 saturated carbocycles. The molecule has 33 heavy (non-hydrogen) atoms. The molecule has 0 atom stereocenters. The molecule has 2 aromatic carbocycles. The van der Waals surface area contributed by atoms with Gasteiger partial charge in [0.15, 0.2) is 5.17 Å². The molecule has 0 N–H and O–H groups in total. The third-order valence-electron chi connectivity index (χ3n) is 5.01. The number of rotatable bonds is 5. The highest BCUT2D eigenvalue weighted by molar-refractivity contribution is 9.10. The number of likely N-dealkylation sites (N-methyl/N-ethyl adjacent to an activating group) is 1. The number of benzene rings is 2. The van der Waals surface area contributed by atoms with Crippen molar-refractivity contribution in [2.75, 3.05) is 13.7 Å². The van der Waals surface area contributed by atoms with E-state index in [0.29, 0.717) is 33.6 Å². The second kappa shape index (κ2) is 9.80. The Hall–Kier alpha value is -3.10. The third kappa shape index (κ3) is 4.96. The molecule has 0 spiro atoms. The van der Waals surface area contributed by atoms with Gasteiger partial charge in [-0.15, -0.1) is 0 Å². The van der Waals surface area contributed by atoms with Crippen LogP contribution in [0.25, 0.3) is 17.4 Å². The lowest BCUT2D eigenvalue weighted by atomic mass is 10.1. The average Bonchev–Trinajstić information content (AvgIpc) is 3.38. The van der Waals surface area contributed by atoms with Crippen molar-refractivity contribution >= 4 is 56.5 Å². The van der Waals surface area contributed by atoms with Gasteiger partial charge in [-0.25, -0.2) is 9.79 Å². The van der Waals surface area contributed by atoms with Crippen molar-refractivity contribution in [3.05, 3.63) is 80.9 Å². The van der Waals surface area contributed by atoms with Crippen LogP contribution in [0, 0.1) is 6.92 Å². The van der Waals surface area contributed by atoms with Crippen molar-refractivity contribution in [2.45, 2.75) is 13.8 Å². The first-order valence-corrected chi connectivity index (χ1v) is 11.9. The van der Waals surface area contributed by atoms with Gasteiger partial charge in [-0.1, -0.05) is 22.0 Å². The van der Waals surface area contributed by atoms with Gasteiger partial charge in [0, 0.05) is 22.7 Å². The number of carbonyl (C=O) groups is 2. The summed E-state index contributed by atoms with van der Waals surface area (Å²) in [5.41, 5.74) is 3.18. The molecule has 1 saturated heterocycles. The highest BCUT2D eigenvalue weighted by atomic mass is 79.9. The van der Waals surface area contributed by atoms with Gasteiger partial charge >= 0.3 is 5.97 Å². The zero-order valence-electron chi connectivity index (χ0n) is 18.3. The summed E-state index contributed by atoms with van der Waals surface area (Å²) in [5.74, 6) is 0.779. The summed E-state index contributed by atoms with van der Waals surface area (Å²) in [5, 5.41) is 0.577. The number of furan rings is 1. The molecule has 4 rings (SSSR count). The molecular formula is C25H21BrN2O4S. The lowest BCUT2D eigenvalue weighted by Gasteiger charge is -2.12. The Bertz CT molecular complexity index is 1280. The number of methoxy groups -OCH3 is 1. The van der Waals surface area contributed by atoms with E-state index in [2.05, 4.69) is 20.9 Å². The number of aliphatic imine (C=N–C) groups is 1. The summed E-state index contributed by atoms with van der Waals surface area (Å²) < 4.78 is 11.7. The Morgan fingerprint density at radius 1 is 1.18 bits per heavy atom. The van der Waals surface area contributed by atoms with Crippen molar-refractivity contribution in [3.8, 4) is 11.3 Å². The summed E-state index contributed by atoms with van der Waals surface area (Å²) in [6, 6.07) is 16.5. The van der Waals surface area contributed by atoms with Crippen LogP contribution in [0.15, 0.2) is 73.4 Å². The van der Waals surface area contributed by atoms with E-state index in [9.17, 15) is 9.59 Å². The van der Waals surface area contributed by atoms with Crippen molar-refractivity contribution in [3.63, 3.8) is 0 Å². The van der Waals surface area contributed by atoms with E-state index in [4.69, 9.17) is 9.15 Å². The van der Waals surface area contributed by atoms with Gasteiger partial charge in [-0.2, -0.15) is 0 Å². The summed E-state index contributed by atoms with van der Waals surface area (Å²) >= 11 is 4.88. The number of hydrogen-bond acceptors (Lipinski definition) is 6. The van der Waals surface area contributed by atoms with Gasteiger partial charge < -0.3 is 9.15 Å². The number of nitrogens with zero attached hydrogens (tertiary/aromatic N) is 2. The molecule has 1 aliphatic rings. The van der Waals surface area contributed by atoms with E-state index in [-0.39, 0.29) is 5.91 Å². The SMILES string of the molecule is CCN1C(=O)/C(=C\c2ccc(-c3ccc(C)cc3Br)o2)SC1=Nc1ccc(C(=O)OC)cc1. The van der Waals surface area contributed by atoms with E-state index in [1.165, 1.54) is 18.9 Å². The van der Waals surface area contributed by atoms with Crippen molar-refractivity contribution in [2.24, 2.45) is 4.99 Å². The number of esters is 1. The summed E-state index contributed by atoms with van der Waals surface area (Å²) in [6.45, 7) is 4.42. The van der Waals surface area contributed by atoms with E-state index in [0.717, 1.165) is 21.4 Å². The Kier molecular flexibility index (Phi) is 6.85. The third-order valence-corrected chi connectivity index (χ3v) is 6.67. The van der Waals surface area contributed by atoms with E-state index >= 15 is 0 Å². The fourth-order valence-electron chi connectivity index (χ4n) is 3.29. The van der Waals surface area contributed by atoms with Crippen LogP contribution in [0.3, 0.4) is 0 Å².